The quantitative estimate of drug-likeness (QED) is 0.473. The lowest BCUT2D eigenvalue weighted by Gasteiger charge is -2.04. The van der Waals surface area contributed by atoms with E-state index in [0.29, 0.717) is 0 Å². The Morgan fingerprint density at radius 3 is 2.56 bits per heavy atom. The Kier molecular flexibility index (Phi) is 6.79. The Hall–Kier alpha value is -2.44. The van der Waals surface area contributed by atoms with E-state index in [4.69, 9.17) is 0 Å². The number of aromatic nitrogens is 4. The number of rotatable bonds is 9. The third kappa shape index (κ3) is 5.55. The van der Waals surface area contributed by atoms with E-state index in [1.807, 2.05) is 48.5 Å². The van der Waals surface area contributed by atoms with Crippen LogP contribution in [0, 0.1) is 0 Å². The van der Waals surface area contributed by atoms with E-state index >= 15 is 0 Å². The van der Waals surface area contributed by atoms with Crippen molar-refractivity contribution in [2.24, 2.45) is 0 Å². The van der Waals surface area contributed by atoms with Crippen LogP contribution in [0.1, 0.15) is 12.0 Å². The van der Waals surface area contributed by atoms with E-state index in [9.17, 15) is 0 Å². The maximum Gasteiger partial charge on any atom is 0.214 e. The summed E-state index contributed by atoms with van der Waals surface area (Å²) in [6.45, 7) is 1.85. The molecule has 0 aliphatic rings. The summed E-state index contributed by atoms with van der Waals surface area (Å²) in [6.07, 6.45) is 5.35. The molecule has 0 atom stereocenters. The molecule has 25 heavy (non-hydrogen) atoms. The molecule has 1 aromatic heterocycles. The number of hydrogen-bond acceptors (Lipinski definition) is 5. The van der Waals surface area contributed by atoms with Crippen molar-refractivity contribution in [1.29, 1.82) is 0 Å². The first-order valence-corrected chi connectivity index (χ1v) is 9.31. The zero-order chi connectivity index (χ0) is 17.2. The monoisotopic (exact) mass is 351 g/mol. The molecule has 0 aliphatic heterocycles. The number of hydrogen-bond donors (Lipinski definition) is 1. The second-order valence-electron chi connectivity index (χ2n) is 5.43. The SMILES string of the molecule is C(=C\c1ccccc1)/CNCCCSc1nnnn1-c1ccccc1. The summed E-state index contributed by atoms with van der Waals surface area (Å²) >= 11 is 1.68. The van der Waals surface area contributed by atoms with Gasteiger partial charge in [-0.1, -0.05) is 72.4 Å². The second kappa shape index (κ2) is 9.76. The molecule has 3 aromatic rings. The first kappa shape index (κ1) is 17.4. The van der Waals surface area contributed by atoms with Crippen molar-refractivity contribution in [3.63, 3.8) is 0 Å². The predicted octanol–water partition coefficient (Wildman–Crippen LogP) is 3.45. The zero-order valence-electron chi connectivity index (χ0n) is 14.0. The molecule has 1 heterocycles. The van der Waals surface area contributed by atoms with Gasteiger partial charge in [-0.05, 0) is 41.1 Å². The third-order valence-corrected chi connectivity index (χ3v) is 4.55. The van der Waals surface area contributed by atoms with E-state index in [2.05, 4.69) is 45.1 Å². The maximum atomic E-state index is 4.11. The van der Waals surface area contributed by atoms with Gasteiger partial charge >= 0.3 is 0 Å². The lowest BCUT2D eigenvalue weighted by Crippen LogP contribution is -2.15. The summed E-state index contributed by atoms with van der Waals surface area (Å²) in [4.78, 5) is 0. The molecule has 0 amide bonds. The molecular weight excluding hydrogens is 330 g/mol. The van der Waals surface area contributed by atoms with Crippen LogP contribution in [0.3, 0.4) is 0 Å². The van der Waals surface area contributed by atoms with Crippen molar-refractivity contribution >= 4 is 17.8 Å². The summed E-state index contributed by atoms with van der Waals surface area (Å²) in [5.41, 5.74) is 2.21. The molecule has 0 saturated heterocycles. The number of para-hydroxylation sites is 1. The average molecular weight is 351 g/mol. The average Bonchev–Trinajstić information content (AvgIpc) is 3.14. The maximum absolute atomic E-state index is 4.11. The van der Waals surface area contributed by atoms with Crippen LogP contribution in [0.4, 0.5) is 0 Å². The van der Waals surface area contributed by atoms with E-state index in [1.54, 1.807) is 16.4 Å². The first-order chi connectivity index (χ1) is 12.4. The van der Waals surface area contributed by atoms with E-state index in [-0.39, 0.29) is 0 Å². The van der Waals surface area contributed by atoms with Crippen molar-refractivity contribution in [1.82, 2.24) is 25.5 Å². The molecular formula is C19H21N5S. The molecule has 128 valence electrons. The van der Waals surface area contributed by atoms with Gasteiger partial charge in [-0.3, -0.25) is 0 Å². The number of tetrazole rings is 1. The highest BCUT2D eigenvalue weighted by atomic mass is 32.2. The number of thioether (sulfide) groups is 1. The Balaban J connectivity index is 1.34. The van der Waals surface area contributed by atoms with Crippen LogP contribution in [-0.2, 0) is 0 Å². The Labute approximate surface area is 152 Å². The van der Waals surface area contributed by atoms with Crippen molar-refractivity contribution in [2.75, 3.05) is 18.8 Å². The van der Waals surface area contributed by atoms with Gasteiger partial charge in [-0.15, -0.1) is 5.10 Å². The highest BCUT2D eigenvalue weighted by molar-refractivity contribution is 7.99. The molecule has 3 rings (SSSR count). The second-order valence-corrected chi connectivity index (χ2v) is 6.49. The minimum Gasteiger partial charge on any atom is -0.313 e. The van der Waals surface area contributed by atoms with Crippen LogP contribution >= 0.6 is 11.8 Å². The van der Waals surface area contributed by atoms with Gasteiger partial charge in [-0.2, -0.15) is 4.68 Å². The zero-order valence-corrected chi connectivity index (χ0v) is 14.8. The molecule has 0 fully saturated rings. The third-order valence-electron chi connectivity index (χ3n) is 3.54. The number of benzene rings is 2. The Morgan fingerprint density at radius 1 is 1.00 bits per heavy atom. The van der Waals surface area contributed by atoms with Crippen LogP contribution in [-0.4, -0.2) is 39.0 Å². The summed E-state index contributed by atoms with van der Waals surface area (Å²) in [5.74, 6) is 0.975. The number of nitrogens with zero attached hydrogens (tertiary/aromatic N) is 4. The molecule has 2 aromatic carbocycles. The van der Waals surface area contributed by atoms with Crippen molar-refractivity contribution in [3.05, 3.63) is 72.3 Å². The van der Waals surface area contributed by atoms with Gasteiger partial charge in [0.15, 0.2) is 0 Å². The van der Waals surface area contributed by atoms with Gasteiger partial charge in [0, 0.05) is 12.3 Å². The highest BCUT2D eigenvalue weighted by Gasteiger charge is 2.07. The van der Waals surface area contributed by atoms with Gasteiger partial charge in [0.05, 0.1) is 5.69 Å². The van der Waals surface area contributed by atoms with Gasteiger partial charge in [-0.25, -0.2) is 0 Å². The lowest BCUT2D eigenvalue weighted by molar-refractivity contribution is 0.731. The summed E-state index contributed by atoms with van der Waals surface area (Å²) in [7, 11) is 0. The molecule has 5 nitrogen and oxygen atoms in total. The minimum atomic E-state index is 0.829. The molecule has 0 radical (unpaired) electrons. The van der Waals surface area contributed by atoms with Gasteiger partial charge in [0.1, 0.15) is 0 Å². The molecule has 0 bridgehead atoms. The summed E-state index contributed by atoms with van der Waals surface area (Å²) in [5, 5.41) is 16.2. The van der Waals surface area contributed by atoms with Gasteiger partial charge in [0.2, 0.25) is 5.16 Å². The van der Waals surface area contributed by atoms with E-state index in [0.717, 1.165) is 36.1 Å². The molecule has 0 aliphatic carbocycles. The predicted molar refractivity (Wildman–Crippen MR) is 103 cm³/mol. The topological polar surface area (TPSA) is 55.6 Å². The fourth-order valence-corrected chi connectivity index (χ4v) is 3.14. The van der Waals surface area contributed by atoms with E-state index < -0.39 is 0 Å². The fraction of sp³-hybridized carbons (Fsp3) is 0.211. The fourth-order valence-electron chi connectivity index (χ4n) is 2.31. The minimum absolute atomic E-state index is 0.829. The molecule has 0 saturated carbocycles. The Morgan fingerprint density at radius 2 is 1.76 bits per heavy atom. The largest absolute Gasteiger partial charge is 0.313 e. The summed E-state index contributed by atoms with van der Waals surface area (Å²) < 4.78 is 1.78. The first-order valence-electron chi connectivity index (χ1n) is 8.32. The molecule has 0 spiro atoms. The van der Waals surface area contributed by atoms with Crippen molar-refractivity contribution in [2.45, 2.75) is 11.6 Å². The standard InChI is InChI=1S/C19H21N5S/c1-3-9-17(10-4-1)11-7-14-20-15-8-16-25-19-21-22-23-24(19)18-12-5-2-6-13-18/h1-7,9-13,20H,8,14-16H2/b11-7+. The van der Waals surface area contributed by atoms with Crippen molar-refractivity contribution < 1.29 is 0 Å². The highest BCUT2D eigenvalue weighted by Crippen LogP contribution is 2.18. The normalized spacial score (nSPS) is 11.2. The van der Waals surface area contributed by atoms with Crippen LogP contribution in [0.15, 0.2) is 71.9 Å². The van der Waals surface area contributed by atoms with Crippen LogP contribution in [0.2, 0.25) is 0 Å². The van der Waals surface area contributed by atoms with Crippen LogP contribution < -0.4 is 5.32 Å². The van der Waals surface area contributed by atoms with Crippen molar-refractivity contribution in [3.8, 4) is 5.69 Å². The van der Waals surface area contributed by atoms with Crippen LogP contribution in [0.25, 0.3) is 11.8 Å². The lowest BCUT2D eigenvalue weighted by atomic mass is 10.2. The van der Waals surface area contributed by atoms with Gasteiger partial charge < -0.3 is 5.32 Å². The Bertz CT molecular complexity index is 771. The van der Waals surface area contributed by atoms with E-state index in [1.165, 1.54) is 5.56 Å². The number of nitrogens with one attached hydrogen (secondary N) is 1. The smallest absolute Gasteiger partial charge is 0.214 e. The van der Waals surface area contributed by atoms with Gasteiger partial charge in [0.25, 0.3) is 0 Å². The summed E-state index contributed by atoms with van der Waals surface area (Å²) in [6, 6.07) is 20.3. The molecule has 1 N–H and O–H groups in total. The molecule has 6 heteroatoms. The van der Waals surface area contributed by atoms with Crippen LogP contribution in [0.5, 0.6) is 0 Å². The molecule has 0 unspecified atom stereocenters.